The Bertz CT molecular complexity index is 607. The summed E-state index contributed by atoms with van der Waals surface area (Å²) in [5.41, 5.74) is -0.368. The molecule has 0 bridgehead atoms. The third-order valence-electron chi connectivity index (χ3n) is 2.03. The zero-order valence-electron chi connectivity index (χ0n) is 8.79. The summed E-state index contributed by atoms with van der Waals surface area (Å²) in [6.45, 7) is 0. The van der Waals surface area contributed by atoms with Crippen LogP contribution >= 0.6 is 11.6 Å². The van der Waals surface area contributed by atoms with Gasteiger partial charge in [0.15, 0.2) is 0 Å². The van der Waals surface area contributed by atoms with Gasteiger partial charge in [-0.1, -0.05) is 28.9 Å². The number of hydrogen-bond donors (Lipinski definition) is 1. The Kier molecular flexibility index (Phi) is 3.29. The third-order valence-corrected chi connectivity index (χ3v) is 2.34. The minimum Gasteiger partial charge on any atom is -0.477 e. The van der Waals surface area contributed by atoms with Crippen molar-refractivity contribution < 1.29 is 24.0 Å². The maximum absolute atomic E-state index is 11.7. The number of nitrogens with zero attached hydrogens (tertiary/aromatic N) is 1. The van der Waals surface area contributed by atoms with Crippen molar-refractivity contribution in [3.63, 3.8) is 0 Å². The Hall–Kier alpha value is -2.34. The average molecular weight is 268 g/mol. The van der Waals surface area contributed by atoms with E-state index in [0.29, 0.717) is 0 Å². The van der Waals surface area contributed by atoms with Crippen molar-refractivity contribution in [3.05, 3.63) is 46.8 Å². The van der Waals surface area contributed by atoms with Crippen molar-refractivity contribution in [2.75, 3.05) is 0 Å². The lowest BCUT2D eigenvalue weighted by atomic mass is 10.2. The number of halogens is 1. The topological polar surface area (TPSA) is 89.6 Å². The predicted octanol–water partition coefficient (Wildman–Crippen LogP) is 2.25. The van der Waals surface area contributed by atoms with Crippen molar-refractivity contribution in [2.45, 2.75) is 0 Å². The highest BCUT2D eigenvalue weighted by atomic mass is 35.5. The minimum atomic E-state index is -1.33. The number of aromatic carboxylic acids is 1. The molecule has 0 aliphatic heterocycles. The Labute approximate surface area is 106 Å². The van der Waals surface area contributed by atoms with Gasteiger partial charge in [-0.25, -0.2) is 9.59 Å². The monoisotopic (exact) mass is 267 g/mol. The molecular formula is C11H6ClNO5. The third kappa shape index (κ3) is 2.33. The summed E-state index contributed by atoms with van der Waals surface area (Å²) >= 11 is 5.79. The molecule has 1 heterocycles. The summed E-state index contributed by atoms with van der Waals surface area (Å²) in [5, 5.41) is 12.3. The van der Waals surface area contributed by atoms with Gasteiger partial charge in [0, 0.05) is 0 Å². The van der Waals surface area contributed by atoms with Crippen molar-refractivity contribution in [1.29, 1.82) is 0 Å². The van der Waals surface area contributed by atoms with Crippen molar-refractivity contribution in [1.82, 2.24) is 5.16 Å². The van der Waals surface area contributed by atoms with Crippen LogP contribution in [-0.4, -0.2) is 22.2 Å². The maximum atomic E-state index is 11.7. The van der Waals surface area contributed by atoms with Crippen LogP contribution < -0.4 is 4.74 Å². The number of carbonyl (C=O) groups excluding carboxylic acids is 1. The van der Waals surface area contributed by atoms with E-state index in [4.69, 9.17) is 21.4 Å². The van der Waals surface area contributed by atoms with E-state index in [0.717, 1.165) is 6.20 Å². The molecular weight excluding hydrogens is 262 g/mol. The molecule has 0 fully saturated rings. The first-order chi connectivity index (χ1) is 8.59. The summed E-state index contributed by atoms with van der Waals surface area (Å²) in [4.78, 5) is 22.4. The van der Waals surface area contributed by atoms with Crippen LogP contribution in [0.3, 0.4) is 0 Å². The highest BCUT2D eigenvalue weighted by molar-refractivity contribution is 6.32. The number of carboxylic acid groups (broad SMARTS) is 1. The first-order valence-corrected chi connectivity index (χ1v) is 5.12. The first-order valence-electron chi connectivity index (χ1n) is 4.74. The zero-order chi connectivity index (χ0) is 13.1. The number of aromatic nitrogens is 1. The predicted molar refractivity (Wildman–Crippen MR) is 59.9 cm³/mol. The van der Waals surface area contributed by atoms with Crippen LogP contribution in [0, 0.1) is 0 Å². The summed E-state index contributed by atoms with van der Waals surface area (Å²) in [7, 11) is 0. The molecule has 92 valence electrons. The van der Waals surface area contributed by atoms with Gasteiger partial charge in [-0.2, -0.15) is 0 Å². The molecule has 0 radical (unpaired) electrons. The smallest absolute Gasteiger partial charge is 0.383 e. The summed E-state index contributed by atoms with van der Waals surface area (Å²) < 4.78 is 9.46. The van der Waals surface area contributed by atoms with E-state index in [2.05, 4.69) is 9.68 Å². The molecule has 0 unspecified atom stereocenters. The molecule has 1 N–H and O–H groups in total. The molecule has 0 spiro atoms. The number of para-hydroxylation sites is 1. The highest BCUT2D eigenvalue weighted by Gasteiger charge is 2.24. The molecule has 0 aliphatic rings. The van der Waals surface area contributed by atoms with Crippen LogP contribution in [0.15, 0.2) is 35.0 Å². The quantitative estimate of drug-likeness (QED) is 0.677. The normalized spacial score (nSPS) is 10.1. The standard InChI is InChI=1S/C11H6ClNO5/c12-7-3-1-2-4-8(7)17-11(16)9-6(10(14)15)5-13-18-9/h1-5H,(H,14,15). The average Bonchev–Trinajstić information content (AvgIpc) is 2.81. The molecule has 6 nitrogen and oxygen atoms in total. The van der Waals surface area contributed by atoms with Gasteiger partial charge < -0.3 is 14.4 Å². The van der Waals surface area contributed by atoms with Crippen LogP contribution in [-0.2, 0) is 0 Å². The van der Waals surface area contributed by atoms with E-state index in [1.54, 1.807) is 12.1 Å². The van der Waals surface area contributed by atoms with Crippen LogP contribution in [0.5, 0.6) is 5.75 Å². The van der Waals surface area contributed by atoms with Gasteiger partial charge in [-0.3, -0.25) is 0 Å². The molecule has 2 aromatic rings. The van der Waals surface area contributed by atoms with E-state index >= 15 is 0 Å². The molecule has 0 saturated heterocycles. The lowest BCUT2D eigenvalue weighted by molar-refractivity contribution is 0.0644. The summed E-state index contributed by atoms with van der Waals surface area (Å²) in [5.74, 6) is -2.68. The molecule has 1 aromatic carbocycles. The Balaban J connectivity index is 2.25. The number of esters is 1. The van der Waals surface area contributed by atoms with E-state index < -0.39 is 17.7 Å². The van der Waals surface area contributed by atoms with Gasteiger partial charge in [0.2, 0.25) is 0 Å². The van der Waals surface area contributed by atoms with E-state index in [1.165, 1.54) is 12.1 Å². The van der Waals surface area contributed by atoms with Crippen LogP contribution in [0.2, 0.25) is 5.02 Å². The number of benzene rings is 1. The van der Waals surface area contributed by atoms with Gasteiger partial charge in [-0.15, -0.1) is 0 Å². The van der Waals surface area contributed by atoms with Gasteiger partial charge in [-0.05, 0) is 12.1 Å². The van der Waals surface area contributed by atoms with E-state index in [-0.39, 0.29) is 16.3 Å². The van der Waals surface area contributed by atoms with Crippen LogP contribution in [0.4, 0.5) is 0 Å². The number of hydrogen-bond acceptors (Lipinski definition) is 5. The second-order valence-electron chi connectivity index (χ2n) is 3.19. The Morgan fingerprint density at radius 3 is 2.72 bits per heavy atom. The van der Waals surface area contributed by atoms with Gasteiger partial charge in [0.25, 0.3) is 5.76 Å². The molecule has 0 saturated carbocycles. The van der Waals surface area contributed by atoms with Crippen molar-refractivity contribution in [3.8, 4) is 5.75 Å². The fourth-order valence-corrected chi connectivity index (χ4v) is 1.39. The van der Waals surface area contributed by atoms with E-state index in [1.807, 2.05) is 0 Å². The van der Waals surface area contributed by atoms with Gasteiger partial charge >= 0.3 is 11.9 Å². The first kappa shape index (κ1) is 12.1. The molecule has 18 heavy (non-hydrogen) atoms. The van der Waals surface area contributed by atoms with Gasteiger partial charge in [0.1, 0.15) is 11.3 Å². The SMILES string of the molecule is O=C(O)c1cnoc1C(=O)Oc1ccccc1Cl. The lowest BCUT2D eigenvalue weighted by Crippen LogP contribution is -2.12. The number of rotatable bonds is 3. The molecule has 0 aliphatic carbocycles. The zero-order valence-corrected chi connectivity index (χ0v) is 9.55. The largest absolute Gasteiger partial charge is 0.477 e. The number of ether oxygens (including phenoxy) is 1. The summed E-state index contributed by atoms with van der Waals surface area (Å²) in [6, 6.07) is 6.28. The fourth-order valence-electron chi connectivity index (χ4n) is 1.21. The van der Waals surface area contributed by atoms with Crippen LogP contribution in [0.25, 0.3) is 0 Å². The number of carboxylic acids is 1. The maximum Gasteiger partial charge on any atom is 0.383 e. The molecule has 0 atom stereocenters. The molecule has 2 rings (SSSR count). The lowest BCUT2D eigenvalue weighted by Gasteiger charge is -2.03. The van der Waals surface area contributed by atoms with E-state index in [9.17, 15) is 9.59 Å². The number of carbonyl (C=O) groups is 2. The van der Waals surface area contributed by atoms with Gasteiger partial charge in [0.05, 0.1) is 11.2 Å². The van der Waals surface area contributed by atoms with Crippen molar-refractivity contribution in [2.24, 2.45) is 0 Å². The van der Waals surface area contributed by atoms with Crippen molar-refractivity contribution >= 4 is 23.5 Å². The molecule has 0 amide bonds. The summed E-state index contributed by atoms with van der Waals surface area (Å²) in [6.07, 6.45) is 0.922. The second kappa shape index (κ2) is 4.89. The Morgan fingerprint density at radius 2 is 2.06 bits per heavy atom. The minimum absolute atomic E-state index is 0.108. The fraction of sp³-hybridized carbons (Fsp3) is 0. The highest BCUT2D eigenvalue weighted by Crippen LogP contribution is 2.24. The molecule has 1 aromatic heterocycles. The molecule has 7 heteroatoms. The Morgan fingerprint density at radius 1 is 1.33 bits per heavy atom. The second-order valence-corrected chi connectivity index (χ2v) is 3.60. The van der Waals surface area contributed by atoms with Crippen LogP contribution in [0.1, 0.15) is 20.9 Å².